The van der Waals surface area contributed by atoms with Crippen LogP contribution in [0.15, 0.2) is 97.0 Å². The van der Waals surface area contributed by atoms with Crippen LogP contribution in [0, 0.1) is 0 Å². The first-order valence-electron chi connectivity index (χ1n) is 8.72. The van der Waals surface area contributed by atoms with Crippen molar-refractivity contribution in [1.82, 2.24) is 24.3 Å². The van der Waals surface area contributed by atoms with Crippen LogP contribution in [0.3, 0.4) is 0 Å². The monoisotopic (exact) mass is 383 g/mol. The van der Waals surface area contributed by atoms with E-state index in [1.807, 2.05) is 72.9 Å². The third kappa shape index (κ3) is 4.36. The zero-order valence-corrected chi connectivity index (χ0v) is 15.8. The van der Waals surface area contributed by atoms with Crippen LogP contribution < -0.4 is 0 Å². The lowest BCUT2D eigenvalue weighted by molar-refractivity contribution is 1.22. The van der Waals surface area contributed by atoms with Crippen molar-refractivity contribution in [2.75, 3.05) is 0 Å². The largest absolute Gasteiger partial charge is 0.345 e. The molecule has 0 saturated carbocycles. The Kier molecular flexibility index (Phi) is 5.60. The van der Waals surface area contributed by atoms with E-state index in [2.05, 4.69) is 35.8 Å². The van der Waals surface area contributed by atoms with E-state index in [1.165, 1.54) is 16.9 Å². The van der Waals surface area contributed by atoms with Gasteiger partial charge in [-0.15, -0.1) is 0 Å². The second-order valence-corrected chi connectivity index (χ2v) is 6.50. The first-order valence-corrected chi connectivity index (χ1v) is 9.56. The van der Waals surface area contributed by atoms with Crippen molar-refractivity contribution in [3.05, 3.63) is 97.0 Å². The minimum atomic E-state index is 0.998. The van der Waals surface area contributed by atoms with Crippen molar-refractivity contribution >= 4 is 44.4 Å². The van der Waals surface area contributed by atoms with Gasteiger partial charge >= 0.3 is 0 Å². The third-order valence-electron chi connectivity index (χ3n) is 4.01. The molecule has 0 radical (unpaired) electrons. The molecule has 3 aromatic carbocycles. The van der Waals surface area contributed by atoms with Crippen LogP contribution in [0.5, 0.6) is 0 Å². The van der Waals surface area contributed by atoms with E-state index < -0.39 is 0 Å². The number of para-hydroxylation sites is 3. The number of H-pyrrole nitrogens is 1. The standard InChI is InChI=1S/C8H6N2.C7H6N2.C7H5NS/c1-2-4-8-7(3-1)5-9-6-10-8;1-2-4-7-6(3-1)8-5-9-7;1-2-4-7-6(3-1)5-9-8-7/h1-6H;1-5H,(H,8,9);1-5H. The molecule has 0 unspecified atom stereocenters. The third-order valence-corrected chi connectivity index (χ3v) is 4.67. The van der Waals surface area contributed by atoms with Gasteiger partial charge in [0.05, 0.1) is 28.4 Å². The summed E-state index contributed by atoms with van der Waals surface area (Å²) in [5, 5.41) is 4.38. The number of benzene rings is 3. The number of imidazole rings is 1. The Bertz CT molecular complexity index is 1100. The normalized spacial score (nSPS) is 10.1. The molecule has 0 aliphatic carbocycles. The number of fused-ring (bicyclic) bond motifs is 3. The van der Waals surface area contributed by atoms with Gasteiger partial charge in [0.1, 0.15) is 6.33 Å². The minimum absolute atomic E-state index is 0.998. The summed E-state index contributed by atoms with van der Waals surface area (Å²) < 4.78 is 4.16. The fraction of sp³-hybridized carbons (Fsp3) is 0. The number of nitrogens with one attached hydrogen (secondary N) is 1. The first kappa shape index (κ1) is 17.8. The highest BCUT2D eigenvalue weighted by Crippen LogP contribution is 2.13. The highest BCUT2D eigenvalue weighted by atomic mass is 32.1. The van der Waals surface area contributed by atoms with Crippen LogP contribution in [0.2, 0.25) is 0 Å². The molecule has 3 heterocycles. The second-order valence-electron chi connectivity index (χ2n) is 5.87. The average molecular weight is 383 g/mol. The Balaban J connectivity index is 0.000000103. The van der Waals surface area contributed by atoms with E-state index in [1.54, 1.807) is 12.7 Å². The van der Waals surface area contributed by atoms with Crippen molar-refractivity contribution in [3.8, 4) is 0 Å². The van der Waals surface area contributed by atoms with Crippen LogP contribution in [0.25, 0.3) is 32.8 Å². The molecular formula is C22H17N5S. The summed E-state index contributed by atoms with van der Waals surface area (Å²) in [5.74, 6) is 0. The molecule has 5 nitrogen and oxygen atoms in total. The van der Waals surface area contributed by atoms with E-state index in [4.69, 9.17) is 0 Å². The van der Waals surface area contributed by atoms with Gasteiger partial charge in [-0.05, 0) is 35.8 Å². The molecule has 6 rings (SSSR count). The summed E-state index contributed by atoms with van der Waals surface area (Å²) in [6, 6.07) is 24.0. The molecule has 6 aromatic rings. The van der Waals surface area contributed by atoms with Crippen LogP contribution in [0.4, 0.5) is 0 Å². The molecule has 3 aromatic heterocycles. The summed E-state index contributed by atoms with van der Waals surface area (Å²) >= 11 is 1.50. The van der Waals surface area contributed by atoms with Gasteiger partial charge in [-0.3, -0.25) is 0 Å². The van der Waals surface area contributed by atoms with Crippen LogP contribution >= 0.6 is 11.5 Å². The molecule has 0 aliphatic heterocycles. The summed E-state index contributed by atoms with van der Waals surface area (Å²) in [4.78, 5) is 15.0. The summed E-state index contributed by atoms with van der Waals surface area (Å²) in [6.45, 7) is 0. The summed E-state index contributed by atoms with van der Waals surface area (Å²) in [7, 11) is 0. The fourth-order valence-electron chi connectivity index (χ4n) is 2.61. The molecule has 28 heavy (non-hydrogen) atoms. The van der Waals surface area contributed by atoms with E-state index in [0.29, 0.717) is 0 Å². The maximum Gasteiger partial charge on any atom is 0.116 e. The molecule has 0 fully saturated rings. The lowest BCUT2D eigenvalue weighted by Crippen LogP contribution is -1.77. The van der Waals surface area contributed by atoms with Gasteiger partial charge in [0, 0.05) is 22.3 Å². The van der Waals surface area contributed by atoms with E-state index in [0.717, 1.165) is 27.5 Å². The summed E-state index contributed by atoms with van der Waals surface area (Å²) in [5.41, 5.74) is 4.22. The van der Waals surface area contributed by atoms with Gasteiger partial charge in [0.25, 0.3) is 0 Å². The number of aromatic nitrogens is 5. The first-order chi connectivity index (χ1) is 13.9. The Hall–Kier alpha value is -3.64. The van der Waals surface area contributed by atoms with E-state index in [-0.39, 0.29) is 0 Å². The molecule has 0 saturated heterocycles. The van der Waals surface area contributed by atoms with Crippen molar-refractivity contribution in [1.29, 1.82) is 0 Å². The zero-order valence-electron chi connectivity index (χ0n) is 14.9. The van der Waals surface area contributed by atoms with Crippen molar-refractivity contribution in [2.24, 2.45) is 0 Å². The van der Waals surface area contributed by atoms with Crippen LogP contribution in [-0.2, 0) is 0 Å². The van der Waals surface area contributed by atoms with Gasteiger partial charge in [0.2, 0.25) is 0 Å². The number of hydrogen-bond acceptors (Lipinski definition) is 5. The average Bonchev–Trinajstić information content (AvgIpc) is 3.44. The maximum atomic E-state index is 4.16. The molecule has 0 spiro atoms. The Morgan fingerprint density at radius 3 is 2.18 bits per heavy atom. The highest BCUT2D eigenvalue weighted by Gasteiger charge is 1.90. The quantitative estimate of drug-likeness (QED) is 0.377. The molecular weight excluding hydrogens is 366 g/mol. The fourth-order valence-corrected chi connectivity index (χ4v) is 3.26. The predicted molar refractivity (Wildman–Crippen MR) is 115 cm³/mol. The van der Waals surface area contributed by atoms with Crippen molar-refractivity contribution in [3.63, 3.8) is 0 Å². The Labute approximate surface area is 165 Å². The van der Waals surface area contributed by atoms with Crippen molar-refractivity contribution < 1.29 is 0 Å². The molecule has 6 heteroatoms. The minimum Gasteiger partial charge on any atom is -0.345 e. The molecule has 136 valence electrons. The number of rotatable bonds is 0. The van der Waals surface area contributed by atoms with Gasteiger partial charge in [-0.25, -0.2) is 15.0 Å². The lowest BCUT2D eigenvalue weighted by atomic mass is 10.2. The highest BCUT2D eigenvalue weighted by molar-refractivity contribution is 7.04. The topological polar surface area (TPSA) is 67.3 Å². The zero-order chi connectivity index (χ0) is 19.0. The van der Waals surface area contributed by atoms with Gasteiger partial charge < -0.3 is 4.98 Å². The second kappa shape index (κ2) is 8.83. The van der Waals surface area contributed by atoms with E-state index in [9.17, 15) is 0 Å². The number of aromatic amines is 1. The van der Waals surface area contributed by atoms with Gasteiger partial charge in [-0.2, -0.15) is 4.37 Å². The molecule has 0 atom stereocenters. The molecule has 0 amide bonds. The number of hydrogen-bond donors (Lipinski definition) is 1. The molecule has 1 N–H and O–H groups in total. The maximum absolute atomic E-state index is 4.16. The van der Waals surface area contributed by atoms with Gasteiger partial charge in [-0.1, -0.05) is 48.5 Å². The molecule has 0 aliphatic rings. The predicted octanol–water partition coefficient (Wildman–Crippen LogP) is 5.49. The van der Waals surface area contributed by atoms with Crippen molar-refractivity contribution in [2.45, 2.75) is 0 Å². The van der Waals surface area contributed by atoms with Gasteiger partial charge in [0.15, 0.2) is 0 Å². The lowest BCUT2D eigenvalue weighted by Gasteiger charge is -1.90. The SMILES string of the molecule is c1ccc2[nH]cnc2c1.c1ccc2ncncc2c1.c1ccc2nscc2c1. The Morgan fingerprint density at radius 1 is 0.679 bits per heavy atom. The van der Waals surface area contributed by atoms with Crippen LogP contribution in [-0.4, -0.2) is 24.3 Å². The Morgan fingerprint density at radius 2 is 1.39 bits per heavy atom. The number of nitrogens with zero attached hydrogens (tertiary/aromatic N) is 4. The smallest absolute Gasteiger partial charge is 0.116 e. The van der Waals surface area contributed by atoms with E-state index >= 15 is 0 Å². The van der Waals surface area contributed by atoms with Crippen LogP contribution in [0.1, 0.15) is 0 Å². The molecule has 0 bridgehead atoms. The summed E-state index contributed by atoms with van der Waals surface area (Å²) in [6.07, 6.45) is 5.06.